The predicted octanol–water partition coefficient (Wildman–Crippen LogP) is 0.964. The summed E-state index contributed by atoms with van der Waals surface area (Å²) in [6.45, 7) is 1.86. The molecular formula is C12H12N4O5. The number of hydrogen-bond donors (Lipinski definition) is 2. The van der Waals surface area contributed by atoms with Gasteiger partial charge in [-0.05, 0) is 6.07 Å². The first-order valence-corrected chi connectivity index (χ1v) is 6.03. The van der Waals surface area contributed by atoms with Crippen LogP contribution in [0.2, 0.25) is 0 Å². The van der Waals surface area contributed by atoms with Gasteiger partial charge in [-0.15, -0.1) is 0 Å². The van der Waals surface area contributed by atoms with Crippen LogP contribution in [0.1, 0.15) is 22.1 Å². The number of amides is 1. The summed E-state index contributed by atoms with van der Waals surface area (Å²) in [6, 6.07) is 3.75. The molecule has 0 saturated carbocycles. The number of nitro groups is 1. The Morgan fingerprint density at radius 3 is 2.90 bits per heavy atom. The monoisotopic (exact) mass is 292 g/mol. The van der Waals surface area contributed by atoms with Gasteiger partial charge < -0.3 is 14.9 Å². The third-order valence-corrected chi connectivity index (χ3v) is 2.66. The quantitative estimate of drug-likeness (QED) is 0.619. The average Bonchev–Trinajstić information content (AvgIpc) is 2.84. The molecule has 0 aliphatic heterocycles. The number of aryl methyl sites for hydroxylation is 1. The molecule has 0 aliphatic rings. The Hall–Kier alpha value is -2.97. The average molecular weight is 292 g/mol. The number of aromatic hydroxyl groups is 1. The van der Waals surface area contributed by atoms with Crippen LogP contribution in [0.3, 0.4) is 0 Å². The molecule has 2 aromatic rings. The molecule has 1 aromatic heterocycles. The number of hydrogen-bond acceptors (Lipinski definition) is 7. The summed E-state index contributed by atoms with van der Waals surface area (Å²) < 4.78 is 4.78. The lowest BCUT2D eigenvalue weighted by molar-refractivity contribution is -0.385. The molecule has 0 fully saturated rings. The second-order valence-electron chi connectivity index (χ2n) is 4.17. The molecular weight excluding hydrogens is 280 g/mol. The van der Waals surface area contributed by atoms with Crippen LogP contribution in [0.5, 0.6) is 5.75 Å². The van der Waals surface area contributed by atoms with Gasteiger partial charge in [-0.25, -0.2) is 0 Å². The van der Waals surface area contributed by atoms with Crippen molar-refractivity contribution in [3.63, 3.8) is 0 Å². The second kappa shape index (κ2) is 5.99. The highest BCUT2D eigenvalue weighted by molar-refractivity contribution is 5.98. The van der Waals surface area contributed by atoms with E-state index in [-0.39, 0.29) is 12.1 Å². The predicted molar refractivity (Wildman–Crippen MR) is 69.8 cm³/mol. The van der Waals surface area contributed by atoms with E-state index in [9.17, 15) is 20.0 Å². The summed E-state index contributed by atoms with van der Waals surface area (Å²) in [5.41, 5.74) is -0.676. The summed E-state index contributed by atoms with van der Waals surface area (Å²) in [6.07, 6.45) is 0.346. The van der Waals surface area contributed by atoms with E-state index in [1.54, 1.807) is 6.92 Å². The zero-order chi connectivity index (χ0) is 15.4. The summed E-state index contributed by atoms with van der Waals surface area (Å²) >= 11 is 0. The summed E-state index contributed by atoms with van der Waals surface area (Å²) in [5, 5.41) is 26.6. The van der Waals surface area contributed by atoms with E-state index in [0.29, 0.717) is 18.1 Å². The van der Waals surface area contributed by atoms with Crippen LogP contribution in [-0.4, -0.2) is 32.6 Å². The third kappa shape index (κ3) is 3.32. The Labute approximate surface area is 118 Å². The van der Waals surface area contributed by atoms with Gasteiger partial charge in [0.05, 0.1) is 10.5 Å². The van der Waals surface area contributed by atoms with Crippen LogP contribution in [0, 0.1) is 17.0 Å². The number of rotatable bonds is 5. The zero-order valence-corrected chi connectivity index (χ0v) is 11.1. The number of carbonyl (C=O) groups is 1. The standard InChI is InChI=1S/C12H12N4O5/c1-7-14-10(15-21-7)5-6-13-12(18)8-3-2-4-9(11(8)17)16(19)20/h2-4,17H,5-6H2,1H3,(H,13,18). The topological polar surface area (TPSA) is 131 Å². The van der Waals surface area contributed by atoms with Crippen molar-refractivity contribution in [3.05, 3.63) is 45.6 Å². The van der Waals surface area contributed by atoms with Gasteiger partial charge in [0.25, 0.3) is 5.91 Å². The molecule has 9 heteroatoms. The van der Waals surface area contributed by atoms with E-state index in [0.717, 1.165) is 6.07 Å². The Morgan fingerprint density at radius 2 is 2.29 bits per heavy atom. The molecule has 9 nitrogen and oxygen atoms in total. The fraction of sp³-hybridized carbons (Fsp3) is 0.250. The molecule has 0 atom stereocenters. The molecule has 1 heterocycles. The number of phenolic OH excluding ortho intramolecular Hbond substituents is 1. The first kappa shape index (κ1) is 14.4. The number of carbonyl (C=O) groups excluding carboxylic acids is 1. The molecule has 0 spiro atoms. The van der Waals surface area contributed by atoms with Crippen molar-refractivity contribution in [3.8, 4) is 5.75 Å². The van der Waals surface area contributed by atoms with E-state index in [2.05, 4.69) is 15.5 Å². The molecule has 1 amide bonds. The van der Waals surface area contributed by atoms with Gasteiger partial charge in [0.15, 0.2) is 5.82 Å². The minimum absolute atomic E-state index is 0.159. The largest absolute Gasteiger partial charge is 0.502 e. The number of aromatic nitrogens is 2. The highest BCUT2D eigenvalue weighted by atomic mass is 16.6. The van der Waals surface area contributed by atoms with Gasteiger partial charge >= 0.3 is 5.69 Å². The van der Waals surface area contributed by atoms with Crippen molar-refractivity contribution >= 4 is 11.6 Å². The molecule has 1 aromatic carbocycles. The fourth-order valence-corrected chi connectivity index (χ4v) is 1.69. The maximum atomic E-state index is 11.9. The highest BCUT2D eigenvalue weighted by Crippen LogP contribution is 2.28. The lowest BCUT2D eigenvalue weighted by Gasteiger charge is -2.05. The minimum Gasteiger partial charge on any atom is -0.502 e. The third-order valence-electron chi connectivity index (χ3n) is 2.66. The molecule has 0 bridgehead atoms. The van der Waals surface area contributed by atoms with Gasteiger partial charge in [-0.1, -0.05) is 11.2 Å². The molecule has 0 unspecified atom stereocenters. The van der Waals surface area contributed by atoms with E-state index in [1.165, 1.54) is 12.1 Å². The number of phenols is 1. The molecule has 2 rings (SSSR count). The SMILES string of the molecule is Cc1nc(CCNC(=O)c2cccc([N+](=O)[O-])c2O)no1. The summed E-state index contributed by atoms with van der Waals surface area (Å²) in [5.74, 6) is -0.407. The van der Waals surface area contributed by atoms with Crippen molar-refractivity contribution in [2.24, 2.45) is 0 Å². The number of nitrogens with zero attached hydrogens (tertiary/aromatic N) is 3. The number of benzene rings is 1. The van der Waals surface area contributed by atoms with Crippen molar-refractivity contribution < 1.29 is 19.3 Å². The van der Waals surface area contributed by atoms with Gasteiger partial charge in [0.1, 0.15) is 0 Å². The van der Waals surface area contributed by atoms with E-state index in [1.807, 2.05) is 0 Å². The van der Waals surface area contributed by atoms with Crippen molar-refractivity contribution in [2.45, 2.75) is 13.3 Å². The lowest BCUT2D eigenvalue weighted by Crippen LogP contribution is -2.26. The number of nitrogens with one attached hydrogen (secondary N) is 1. The van der Waals surface area contributed by atoms with Crippen LogP contribution in [-0.2, 0) is 6.42 Å². The number of para-hydroxylation sites is 1. The molecule has 110 valence electrons. The molecule has 21 heavy (non-hydrogen) atoms. The van der Waals surface area contributed by atoms with Gasteiger partial charge in [0.2, 0.25) is 11.6 Å². The second-order valence-corrected chi connectivity index (χ2v) is 4.17. The van der Waals surface area contributed by atoms with Crippen LogP contribution in [0.15, 0.2) is 22.7 Å². The van der Waals surface area contributed by atoms with Crippen LogP contribution >= 0.6 is 0 Å². The van der Waals surface area contributed by atoms with Crippen molar-refractivity contribution in [1.29, 1.82) is 0 Å². The van der Waals surface area contributed by atoms with Gasteiger partial charge in [0, 0.05) is 26.0 Å². The van der Waals surface area contributed by atoms with Crippen molar-refractivity contribution in [2.75, 3.05) is 6.54 Å². The first-order chi connectivity index (χ1) is 9.99. The van der Waals surface area contributed by atoms with Crippen LogP contribution < -0.4 is 5.32 Å². The van der Waals surface area contributed by atoms with Crippen LogP contribution in [0.4, 0.5) is 5.69 Å². The van der Waals surface area contributed by atoms with Gasteiger partial charge in [-0.2, -0.15) is 4.98 Å². The normalized spacial score (nSPS) is 10.3. The number of nitro benzene ring substituents is 1. The van der Waals surface area contributed by atoms with Gasteiger partial charge in [-0.3, -0.25) is 14.9 Å². The van der Waals surface area contributed by atoms with Crippen LogP contribution in [0.25, 0.3) is 0 Å². The Morgan fingerprint density at radius 1 is 1.52 bits per heavy atom. The fourth-order valence-electron chi connectivity index (χ4n) is 1.69. The first-order valence-electron chi connectivity index (χ1n) is 6.03. The molecule has 0 saturated heterocycles. The molecule has 0 aliphatic carbocycles. The Kier molecular flexibility index (Phi) is 4.12. The minimum atomic E-state index is -0.756. The smallest absolute Gasteiger partial charge is 0.311 e. The summed E-state index contributed by atoms with van der Waals surface area (Å²) in [4.78, 5) is 25.8. The van der Waals surface area contributed by atoms with E-state index < -0.39 is 22.3 Å². The maximum absolute atomic E-state index is 11.9. The highest BCUT2D eigenvalue weighted by Gasteiger charge is 2.20. The van der Waals surface area contributed by atoms with E-state index >= 15 is 0 Å². The molecule has 2 N–H and O–H groups in total. The Balaban J connectivity index is 2.00. The summed E-state index contributed by atoms with van der Waals surface area (Å²) in [7, 11) is 0. The Bertz CT molecular complexity index is 682. The zero-order valence-electron chi connectivity index (χ0n) is 11.1. The lowest BCUT2D eigenvalue weighted by atomic mass is 10.1. The van der Waals surface area contributed by atoms with Crippen molar-refractivity contribution in [1.82, 2.24) is 15.5 Å². The maximum Gasteiger partial charge on any atom is 0.311 e. The van der Waals surface area contributed by atoms with E-state index in [4.69, 9.17) is 4.52 Å². The molecule has 0 radical (unpaired) electrons.